The van der Waals surface area contributed by atoms with Gasteiger partial charge in [0, 0.05) is 68.2 Å². The maximum atomic E-state index is 5.27. The molecular weight excluding hydrogens is 645 g/mol. The van der Waals surface area contributed by atoms with E-state index in [2.05, 4.69) is 164 Å². The van der Waals surface area contributed by atoms with E-state index in [4.69, 9.17) is 9.97 Å². The van der Waals surface area contributed by atoms with Gasteiger partial charge in [-0.1, -0.05) is 152 Å². The van der Waals surface area contributed by atoms with Crippen LogP contribution in [0.15, 0.2) is 170 Å². The van der Waals surface area contributed by atoms with E-state index in [0.29, 0.717) is 0 Å². The Morgan fingerprint density at radius 2 is 0.760 bits per heavy atom. The third kappa shape index (κ3) is 4.84. The maximum Gasteiger partial charge on any atom is 0.161 e. The van der Waals surface area contributed by atoms with E-state index in [1.165, 1.54) is 62.6 Å². The summed E-state index contributed by atoms with van der Waals surface area (Å²) in [5, 5.41) is 5.13. The van der Waals surface area contributed by atoms with Crippen molar-refractivity contribution < 1.29 is 0 Å². The summed E-state index contributed by atoms with van der Waals surface area (Å²) in [7, 11) is 0. The molecule has 0 aliphatic rings. The van der Waals surface area contributed by atoms with Gasteiger partial charge in [-0.25, -0.2) is 9.97 Å². The van der Waals surface area contributed by atoms with E-state index in [1.54, 1.807) is 0 Å². The average molecular weight is 673 g/mol. The zero-order valence-electron chi connectivity index (χ0n) is 26.9. The van der Waals surface area contributed by atoms with Crippen LogP contribution < -0.4 is 0 Å². The van der Waals surface area contributed by atoms with Crippen LogP contribution in [0, 0.1) is 0 Å². The second kappa shape index (κ2) is 11.9. The Morgan fingerprint density at radius 1 is 0.320 bits per heavy atom. The van der Waals surface area contributed by atoms with E-state index in [-0.39, 0.29) is 0 Å². The summed E-state index contributed by atoms with van der Waals surface area (Å²) in [6.45, 7) is 0. The third-order valence-electron chi connectivity index (χ3n) is 9.54. The van der Waals surface area contributed by atoms with Gasteiger partial charge in [-0.3, -0.25) is 0 Å². The standard InChI is InChI=1S/C46H28N2S2/c1-3-12-29(13-4-1)30-24-26-32(27-25-30)41-28-40(31-14-5-2-6-15-31)47-46(48-41)39-22-11-21-38-37-20-10-19-36(44(37)50-45(38)39)35-18-9-17-34-33-16-7-8-23-42(33)49-43(34)35/h1-28H. The molecule has 0 bridgehead atoms. The van der Waals surface area contributed by atoms with Gasteiger partial charge in [0.25, 0.3) is 0 Å². The SMILES string of the molecule is c1ccc(-c2ccc(-c3cc(-c4ccccc4)nc(-c4cccc5c4sc4c(-c6cccc7c6sc6ccccc67)cccc45)n3)cc2)cc1. The van der Waals surface area contributed by atoms with Gasteiger partial charge in [-0.15, -0.1) is 22.7 Å². The summed E-state index contributed by atoms with van der Waals surface area (Å²) >= 11 is 3.73. The van der Waals surface area contributed by atoms with E-state index < -0.39 is 0 Å². The van der Waals surface area contributed by atoms with Crippen molar-refractivity contribution in [2.75, 3.05) is 0 Å². The number of hydrogen-bond donors (Lipinski definition) is 0. The fourth-order valence-corrected chi connectivity index (χ4v) is 9.67. The number of hydrogen-bond acceptors (Lipinski definition) is 4. The number of nitrogens with zero attached hydrogens (tertiary/aromatic N) is 2. The fraction of sp³-hybridized carbons (Fsp3) is 0. The third-order valence-corrected chi connectivity index (χ3v) is 12.1. The molecule has 50 heavy (non-hydrogen) atoms. The number of benzene rings is 7. The van der Waals surface area contributed by atoms with Crippen molar-refractivity contribution in [2.45, 2.75) is 0 Å². The van der Waals surface area contributed by atoms with E-state index in [1.807, 2.05) is 28.7 Å². The largest absolute Gasteiger partial charge is 0.228 e. The normalized spacial score (nSPS) is 11.6. The highest BCUT2D eigenvalue weighted by molar-refractivity contribution is 7.27. The first kappa shape index (κ1) is 29.0. The number of fused-ring (bicyclic) bond motifs is 6. The molecule has 0 atom stereocenters. The van der Waals surface area contributed by atoms with E-state index in [9.17, 15) is 0 Å². The maximum absolute atomic E-state index is 5.27. The van der Waals surface area contributed by atoms with Gasteiger partial charge in [-0.05, 0) is 29.3 Å². The first-order chi connectivity index (χ1) is 24.8. The molecule has 0 spiro atoms. The Hall–Kier alpha value is -5.94. The molecule has 234 valence electrons. The molecule has 0 unspecified atom stereocenters. The quantitative estimate of drug-likeness (QED) is 0.182. The number of rotatable bonds is 5. The molecule has 0 saturated carbocycles. The van der Waals surface area contributed by atoms with Crippen LogP contribution in [0.25, 0.3) is 96.5 Å². The lowest BCUT2D eigenvalue weighted by atomic mass is 10.00. The molecule has 10 aromatic rings. The van der Waals surface area contributed by atoms with Gasteiger partial charge in [-0.2, -0.15) is 0 Å². The number of thiophene rings is 2. The molecule has 2 nitrogen and oxygen atoms in total. The molecule has 3 heterocycles. The van der Waals surface area contributed by atoms with Crippen LogP contribution in [-0.4, -0.2) is 9.97 Å². The van der Waals surface area contributed by atoms with Gasteiger partial charge in [0.2, 0.25) is 0 Å². The van der Waals surface area contributed by atoms with Gasteiger partial charge in [0.1, 0.15) is 0 Å². The Labute approximate surface area is 297 Å². The van der Waals surface area contributed by atoms with Crippen molar-refractivity contribution in [3.05, 3.63) is 170 Å². The Kier molecular flexibility index (Phi) is 6.90. The molecule has 0 aliphatic heterocycles. The minimum Gasteiger partial charge on any atom is -0.228 e. The van der Waals surface area contributed by atoms with Crippen LogP contribution in [0.4, 0.5) is 0 Å². The lowest BCUT2D eigenvalue weighted by Gasteiger charge is -2.11. The monoisotopic (exact) mass is 672 g/mol. The minimum absolute atomic E-state index is 0.735. The zero-order valence-corrected chi connectivity index (χ0v) is 28.5. The lowest BCUT2D eigenvalue weighted by Crippen LogP contribution is -1.96. The molecule has 0 fully saturated rings. The predicted octanol–water partition coefficient (Wildman–Crippen LogP) is 13.5. The van der Waals surface area contributed by atoms with Gasteiger partial charge < -0.3 is 0 Å². The Bertz CT molecular complexity index is 2850. The van der Waals surface area contributed by atoms with Gasteiger partial charge >= 0.3 is 0 Å². The van der Waals surface area contributed by atoms with E-state index >= 15 is 0 Å². The smallest absolute Gasteiger partial charge is 0.161 e. The highest BCUT2D eigenvalue weighted by Gasteiger charge is 2.19. The molecule has 0 radical (unpaired) electrons. The van der Waals surface area contributed by atoms with Crippen molar-refractivity contribution >= 4 is 63.0 Å². The van der Waals surface area contributed by atoms with Crippen LogP contribution in [0.3, 0.4) is 0 Å². The zero-order chi connectivity index (χ0) is 33.0. The fourth-order valence-electron chi connectivity index (χ4n) is 7.10. The van der Waals surface area contributed by atoms with Crippen molar-refractivity contribution in [2.24, 2.45) is 0 Å². The summed E-state index contributed by atoms with van der Waals surface area (Å²) in [6.07, 6.45) is 0. The first-order valence-corrected chi connectivity index (χ1v) is 18.4. The second-order valence-electron chi connectivity index (χ2n) is 12.5. The molecule has 0 amide bonds. The van der Waals surface area contributed by atoms with E-state index in [0.717, 1.165) is 33.9 Å². The number of aromatic nitrogens is 2. The average Bonchev–Trinajstić information content (AvgIpc) is 3.77. The summed E-state index contributed by atoms with van der Waals surface area (Å²) in [5.41, 5.74) is 9.94. The lowest BCUT2D eigenvalue weighted by molar-refractivity contribution is 1.19. The van der Waals surface area contributed by atoms with Crippen molar-refractivity contribution in [3.63, 3.8) is 0 Å². The molecule has 0 N–H and O–H groups in total. The molecule has 3 aromatic heterocycles. The van der Waals surface area contributed by atoms with Crippen molar-refractivity contribution in [1.82, 2.24) is 9.97 Å². The molecule has 7 aromatic carbocycles. The Balaban J connectivity index is 1.16. The molecule has 4 heteroatoms. The first-order valence-electron chi connectivity index (χ1n) is 16.7. The van der Waals surface area contributed by atoms with Gasteiger partial charge in [0.05, 0.1) is 11.4 Å². The summed E-state index contributed by atoms with van der Waals surface area (Å²) in [6, 6.07) is 60.5. The van der Waals surface area contributed by atoms with Crippen molar-refractivity contribution in [1.29, 1.82) is 0 Å². The summed E-state index contributed by atoms with van der Waals surface area (Å²) in [4.78, 5) is 10.5. The molecule has 0 saturated heterocycles. The van der Waals surface area contributed by atoms with Crippen LogP contribution in [0.2, 0.25) is 0 Å². The molecule has 0 aliphatic carbocycles. The molecule has 10 rings (SSSR count). The highest BCUT2D eigenvalue weighted by atomic mass is 32.1. The Morgan fingerprint density at radius 3 is 1.42 bits per heavy atom. The second-order valence-corrected chi connectivity index (χ2v) is 14.6. The predicted molar refractivity (Wildman–Crippen MR) is 215 cm³/mol. The minimum atomic E-state index is 0.735. The van der Waals surface area contributed by atoms with Crippen LogP contribution in [-0.2, 0) is 0 Å². The summed E-state index contributed by atoms with van der Waals surface area (Å²) < 4.78 is 5.15. The van der Waals surface area contributed by atoms with Crippen molar-refractivity contribution in [3.8, 4) is 56.2 Å². The van der Waals surface area contributed by atoms with Crippen LogP contribution in [0.1, 0.15) is 0 Å². The topological polar surface area (TPSA) is 25.8 Å². The van der Waals surface area contributed by atoms with Crippen LogP contribution >= 0.6 is 22.7 Å². The van der Waals surface area contributed by atoms with Crippen LogP contribution in [0.5, 0.6) is 0 Å². The summed E-state index contributed by atoms with van der Waals surface area (Å²) in [5.74, 6) is 0.735. The van der Waals surface area contributed by atoms with Gasteiger partial charge in [0.15, 0.2) is 5.82 Å². The molecular formula is C46H28N2S2. The highest BCUT2D eigenvalue weighted by Crippen LogP contribution is 2.47.